The van der Waals surface area contributed by atoms with Crippen molar-refractivity contribution in [2.75, 3.05) is 12.4 Å². The van der Waals surface area contributed by atoms with Gasteiger partial charge in [-0.1, -0.05) is 24.3 Å². The fourth-order valence-electron chi connectivity index (χ4n) is 4.09. The lowest BCUT2D eigenvalue weighted by atomic mass is 9.76. The molecule has 26 heavy (non-hydrogen) atoms. The zero-order valence-electron chi connectivity index (χ0n) is 14.9. The van der Waals surface area contributed by atoms with Gasteiger partial charge in [0.05, 0.1) is 18.7 Å². The summed E-state index contributed by atoms with van der Waals surface area (Å²) in [5.74, 6) is 0.465. The van der Waals surface area contributed by atoms with E-state index in [1.807, 2.05) is 42.5 Å². The fourth-order valence-corrected chi connectivity index (χ4v) is 4.09. The minimum atomic E-state index is -0.323. The molecule has 0 amide bonds. The average Bonchev–Trinajstić information content (AvgIpc) is 3.16. The number of nitrogens with one attached hydrogen (secondary N) is 1. The smallest absolute Gasteiger partial charge is 0.337 e. The molecule has 132 valence electrons. The van der Waals surface area contributed by atoms with Crippen LogP contribution in [0, 0.1) is 5.92 Å². The van der Waals surface area contributed by atoms with Crippen LogP contribution in [0.15, 0.2) is 54.6 Å². The standard InChI is InChI=1S/C22H21NO3/c1-13(24)16-10-11-20-19(12-16)17-4-3-5-18(17)21(23-20)14-6-8-15(9-7-14)22(25)26-2/h3-4,6-12,17-18,21,23H,5H2,1-2H3/t17-,18-,21-/m0/s1. The molecule has 4 heteroatoms. The van der Waals surface area contributed by atoms with Crippen LogP contribution in [-0.4, -0.2) is 18.9 Å². The largest absolute Gasteiger partial charge is 0.465 e. The van der Waals surface area contributed by atoms with Crippen molar-refractivity contribution in [3.8, 4) is 0 Å². The van der Waals surface area contributed by atoms with E-state index < -0.39 is 0 Å². The zero-order valence-corrected chi connectivity index (χ0v) is 14.9. The summed E-state index contributed by atoms with van der Waals surface area (Å²) in [5.41, 5.74) is 4.73. The summed E-state index contributed by atoms with van der Waals surface area (Å²) >= 11 is 0. The first kappa shape index (κ1) is 16.6. The number of allylic oxidation sites excluding steroid dienone is 2. The molecule has 4 rings (SSSR count). The van der Waals surface area contributed by atoms with Crippen molar-refractivity contribution in [2.24, 2.45) is 5.92 Å². The third kappa shape index (κ3) is 2.71. The first-order valence-corrected chi connectivity index (χ1v) is 8.85. The van der Waals surface area contributed by atoms with Crippen LogP contribution in [0.4, 0.5) is 5.69 Å². The summed E-state index contributed by atoms with van der Waals surface area (Å²) in [4.78, 5) is 23.4. The quantitative estimate of drug-likeness (QED) is 0.504. The van der Waals surface area contributed by atoms with Gasteiger partial charge in [-0.3, -0.25) is 4.79 Å². The number of ketones is 1. The number of Topliss-reactive ketones (excluding diaryl/α,β-unsaturated/α-hetero) is 1. The van der Waals surface area contributed by atoms with E-state index in [9.17, 15) is 9.59 Å². The van der Waals surface area contributed by atoms with Gasteiger partial charge in [-0.25, -0.2) is 4.79 Å². The summed E-state index contributed by atoms with van der Waals surface area (Å²) in [6.45, 7) is 1.60. The van der Waals surface area contributed by atoms with E-state index in [1.54, 1.807) is 6.92 Å². The van der Waals surface area contributed by atoms with Crippen LogP contribution < -0.4 is 5.32 Å². The van der Waals surface area contributed by atoms with Gasteiger partial charge in [0.25, 0.3) is 0 Å². The Kier molecular flexibility index (Phi) is 4.11. The number of ether oxygens (including phenoxy) is 1. The normalized spacial score (nSPS) is 22.9. The van der Waals surface area contributed by atoms with Gasteiger partial charge in [-0.2, -0.15) is 0 Å². The van der Waals surface area contributed by atoms with E-state index >= 15 is 0 Å². The number of benzene rings is 2. The first-order chi connectivity index (χ1) is 12.6. The molecule has 1 aliphatic carbocycles. The minimum absolute atomic E-state index is 0.0897. The second-order valence-electron chi connectivity index (χ2n) is 6.95. The van der Waals surface area contributed by atoms with Gasteiger partial charge in [0, 0.05) is 17.2 Å². The summed E-state index contributed by atoms with van der Waals surface area (Å²) in [6, 6.07) is 13.7. The molecule has 0 radical (unpaired) electrons. The van der Waals surface area contributed by atoms with Gasteiger partial charge in [0.2, 0.25) is 0 Å². The van der Waals surface area contributed by atoms with E-state index in [0.29, 0.717) is 17.4 Å². The Labute approximate surface area is 152 Å². The summed E-state index contributed by atoms with van der Waals surface area (Å²) in [5, 5.41) is 3.65. The second kappa shape index (κ2) is 6.45. The van der Waals surface area contributed by atoms with E-state index in [-0.39, 0.29) is 17.8 Å². The van der Waals surface area contributed by atoms with Gasteiger partial charge in [-0.05, 0) is 60.7 Å². The predicted molar refractivity (Wildman–Crippen MR) is 101 cm³/mol. The number of fused-ring (bicyclic) bond motifs is 3. The molecule has 0 saturated heterocycles. The van der Waals surface area contributed by atoms with E-state index in [2.05, 4.69) is 17.5 Å². The molecule has 0 fully saturated rings. The van der Waals surface area contributed by atoms with Crippen LogP contribution in [0.25, 0.3) is 0 Å². The van der Waals surface area contributed by atoms with Gasteiger partial charge < -0.3 is 10.1 Å². The third-order valence-corrected chi connectivity index (χ3v) is 5.46. The molecule has 0 unspecified atom stereocenters. The molecule has 0 aromatic heterocycles. The molecule has 0 bridgehead atoms. The van der Waals surface area contributed by atoms with Crippen molar-refractivity contribution in [1.29, 1.82) is 0 Å². The van der Waals surface area contributed by atoms with Crippen LogP contribution in [-0.2, 0) is 4.74 Å². The van der Waals surface area contributed by atoms with Crippen molar-refractivity contribution in [3.63, 3.8) is 0 Å². The lowest BCUT2D eigenvalue weighted by molar-refractivity contribution is 0.0600. The molecule has 4 nitrogen and oxygen atoms in total. The lowest BCUT2D eigenvalue weighted by Crippen LogP contribution is -2.29. The fraction of sp³-hybridized carbons (Fsp3) is 0.273. The SMILES string of the molecule is COC(=O)c1ccc([C@@H]2Nc3ccc(C(C)=O)cc3[C@H]3C=CC[C@@H]32)cc1. The number of esters is 1. The van der Waals surface area contributed by atoms with Crippen LogP contribution in [0.3, 0.4) is 0 Å². The first-order valence-electron chi connectivity index (χ1n) is 8.85. The van der Waals surface area contributed by atoms with Crippen molar-refractivity contribution >= 4 is 17.4 Å². The monoisotopic (exact) mass is 347 g/mol. The number of carbonyl (C=O) groups excluding carboxylic acids is 2. The maximum atomic E-state index is 11.7. The molecule has 3 atom stereocenters. The van der Waals surface area contributed by atoms with Crippen molar-refractivity contribution in [2.45, 2.75) is 25.3 Å². The summed E-state index contributed by atoms with van der Waals surface area (Å²) in [7, 11) is 1.39. The van der Waals surface area contributed by atoms with Crippen LogP contribution >= 0.6 is 0 Å². The van der Waals surface area contributed by atoms with Crippen molar-refractivity contribution < 1.29 is 14.3 Å². The van der Waals surface area contributed by atoms with Crippen LogP contribution in [0.1, 0.15) is 57.1 Å². The summed E-state index contributed by atoms with van der Waals surface area (Å²) < 4.78 is 4.78. The van der Waals surface area contributed by atoms with Gasteiger partial charge in [-0.15, -0.1) is 0 Å². The van der Waals surface area contributed by atoms with Gasteiger partial charge in [0.15, 0.2) is 5.78 Å². The molecule has 2 aliphatic rings. The lowest BCUT2D eigenvalue weighted by Gasteiger charge is -2.37. The second-order valence-corrected chi connectivity index (χ2v) is 6.95. The average molecular weight is 347 g/mol. The zero-order chi connectivity index (χ0) is 18.3. The number of methoxy groups -OCH3 is 1. The molecular weight excluding hydrogens is 326 g/mol. The highest BCUT2D eigenvalue weighted by Crippen LogP contribution is 2.49. The Morgan fingerprint density at radius 3 is 2.50 bits per heavy atom. The Morgan fingerprint density at radius 1 is 1.08 bits per heavy atom. The Hall–Kier alpha value is -2.88. The molecule has 0 saturated carbocycles. The van der Waals surface area contributed by atoms with Crippen LogP contribution in [0.5, 0.6) is 0 Å². The van der Waals surface area contributed by atoms with E-state index in [4.69, 9.17) is 4.74 Å². The third-order valence-electron chi connectivity index (χ3n) is 5.46. The topological polar surface area (TPSA) is 55.4 Å². The Balaban J connectivity index is 1.69. The molecule has 1 aliphatic heterocycles. The van der Waals surface area contributed by atoms with Crippen molar-refractivity contribution in [3.05, 3.63) is 76.9 Å². The molecule has 1 N–H and O–H groups in total. The minimum Gasteiger partial charge on any atom is -0.465 e. The number of hydrogen-bond acceptors (Lipinski definition) is 4. The van der Waals surface area contributed by atoms with E-state index in [0.717, 1.165) is 23.2 Å². The number of anilines is 1. The molecule has 2 aromatic carbocycles. The maximum Gasteiger partial charge on any atom is 0.337 e. The molecule has 0 spiro atoms. The van der Waals surface area contributed by atoms with Gasteiger partial charge >= 0.3 is 5.97 Å². The summed E-state index contributed by atoms with van der Waals surface area (Å²) in [6.07, 6.45) is 5.47. The number of carbonyl (C=O) groups is 2. The Bertz CT molecular complexity index is 898. The highest BCUT2D eigenvalue weighted by atomic mass is 16.5. The van der Waals surface area contributed by atoms with Gasteiger partial charge in [0.1, 0.15) is 0 Å². The maximum absolute atomic E-state index is 11.7. The predicted octanol–water partition coefficient (Wildman–Crippen LogP) is 4.50. The Morgan fingerprint density at radius 2 is 1.81 bits per heavy atom. The number of hydrogen-bond donors (Lipinski definition) is 1. The van der Waals surface area contributed by atoms with Crippen LogP contribution in [0.2, 0.25) is 0 Å². The number of rotatable bonds is 3. The molecule has 1 heterocycles. The highest BCUT2D eigenvalue weighted by Gasteiger charge is 2.38. The molecular formula is C22H21NO3. The van der Waals surface area contributed by atoms with Crippen molar-refractivity contribution in [1.82, 2.24) is 0 Å². The van der Waals surface area contributed by atoms with E-state index in [1.165, 1.54) is 12.7 Å². The molecule has 2 aromatic rings. The highest BCUT2D eigenvalue weighted by molar-refractivity contribution is 5.95.